The van der Waals surface area contributed by atoms with Crippen molar-refractivity contribution in [1.29, 1.82) is 0 Å². The molecule has 0 saturated heterocycles. The third-order valence-corrected chi connectivity index (χ3v) is 3.47. The zero-order chi connectivity index (χ0) is 14.4. The zero-order valence-corrected chi connectivity index (χ0v) is 11.6. The number of carboxylic acid groups (broad SMARTS) is 1. The molecule has 4 heteroatoms. The van der Waals surface area contributed by atoms with E-state index in [1.54, 1.807) is 6.92 Å². The lowest BCUT2D eigenvalue weighted by Crippen LogP contribution is -2.46. The van der Waals surface area contributed by atoms with E-state index in [4.69, 9.17) is 5.11 Å². The van der Waals surface area contributed by atoms with Gasteiger partial charge in [-0.05, 0) is 18.4 Å². The predicted molar refractivity (Wildman–Crippen MR) is 73.9 cm³/mol. The van der Waals surface area contributed by atoms with Gasteiger partial charge in [-0.2, -0.15) is 0 Å². The van der Waals surface area contributed by atoms with Gasteiger partial charge >= 0.3 is 5.97 Å². The van der Waals surface area contributed by atoms with Gasteiger partial charge in [0.05, 0.1) is 5.92 Å². The van der Waals surface area contributed by atoms with Crippen LogP contribution in [0.15, 0.2) is 30.3 Å². The number of nitrogens with one attached hydrogen (secondary N) is 1. The predicted octanol–water partition coefficient (Wildman–Crippen LogP) is 2.41. The summed E-state index contributed by atoms with van der Waals surface area (Å²) in [6.45, 7) is 5.51. The second-order valence-electron chi connectivity index (χ2n) is 4.84. The Morgan fingerprint density at radius 3 is 2.26 bits per heavy atom. The standard InChI is InChI=1S/C15H21NO3/c1-4-10(2)13(15(18)19)16-14(17)11(3)12-8-6-5-7-9-12/h5-11,13H,4H2,1-3H3,(H,16,17)(H,18,19)/t10-,11-,13-/m0/s1. The molecule has 0 aliphatic carbocycles. The van der Waals surface area contributed by atoms with Crippen molar-refractivity contribution in [2.75, 3.05) is 0 Å². The van der Waals surface area contributed by atoms with Gasteiger partial charge in [-0.3, -0.25) is 4.79 Å². The highest BCUT2D eigenvalue weighted by molar-refractivity contribution is 5.87. The maximum absolute atomic E-state index is 12.1. The Morgan fingerprint density at radius 1 is 1.21 bits per heavy atom. The number of carbonyl (C=O) groups excluding carboxylic acids is 1. The van der Waals surface area contributed by atoms with Gasteiger partial charge in [0.15, 0.2) is 0 Å². The van der Waals surface area contributed by atoms with Gasteiger partial charge in [0, 0.05) is 0 Å². The van der Waals surface area contributed by atoms with E-state index in [9.17, 15) is 9.59 Å². The van der Waals surface area contributed by atoms with E-state index in [0.29, 0.717) is 6.42 Å². The first-order chi connectivity index (χ1) is 8.97. The molecule has 2 N–H and O–H groups in total. The van der Waals surface area contributed by atoms with E-state index in [1.807, 2.05) is 44.2 Å². The van der Waals surface area contributed by atoms with Crippen LogP contribution in [0.4, 0.5) is 0 Å². The molecule has 1 amide bonds. The molecule has 0 aliphatic rings. The van der Waals surface area contributed by atoms with Gasteiger partial charge in [-0.25, -0.2) is 4.79 Å². The average Bonchev–Trinajstić information content (AvgIpc) is 2.43. The van der Waals surface area contributed by atoms with E-state index in [-0.39, 0.29) is 17.7 Å². The summed E-state index contributed by atoms with van der Waals surface area (Å²) >= 11 is 0. The van der Waals surface area contributed by atoms with E-state index in [1.165, 1.54) is 0 Å². The summed E-state index contributed by atoms with van der Waals surface area (Å²) in [5.74, 6) is -1.68. The first-order valence-electron chi connectivity index (χ1n) is 6.55. The van der Waals surface area contributed by atoms with Crippen molar-refractivity contribution in [3.05, 3.63) is 35.9 Å². The van der Waals surface area contributed by atoms with E-state index in [0.717, 1.165) is 5.56 Å². The summed E-state index contributed by atoms with van der Waals surface area (Å²) in [5, 5.41) is 11.8. The number of amides is 1. The highest BCUT2D eigenvalue weighted by Crippen LogP contribution is 2.16. The molecular formula is C15H21NO3. The Hall–Kier alpha value is -1.84. The molecule has 3 atom stereocenters. The summed E-state index contributed by atoms with van der Waals surface area (Å²) in [7, 11) is 0. The van der Waals surface area contributed by atoms with Crippen molar-refractivity contribution >= 4 is 11.9 Å². The molecule has 0 bridgehead atoms. The Labute approximate surface area is 113 Å². The lowest BCUT2D eigenvalue weighted by atomic mass is 9.96. The van der Waals surface area contributed by atoms with E-state index < -0.39 is 12.0 Å². The lowest BCUT2D eigenvalue weighted by Gasteiger charge is -2.22. The number of benzene rings is 1. The Kier molecular flexibility index (Phi) is 5.55. The van der Waals surface area contributed by atoms with E-state index >= 15 is 0 Å². The summed E-state index contributed by atoms with van der Waals surface area (Å²) in [6, 6.07) is 8.51. The van der Waals surface area contributed by atoms with Gasteiger partial charge in [-0.1, -0.05) is 50.6 Å². The average molecular weight is 263 g/mol. The molecule has 4 nitrogen and oxygen atoms in total. The van der Waals surface area contributed by atoms with Crippen molar-refractivity contribution in [3.8, 4) is 0 Å². The molecule has 1 rings (SSSR count). The fourth-order valence-corrected chi connectivity index (χ4v) is 1.85. The molecule has 0 heterocycles. The number of hydrogen-bond donors (Lipinski definition) is 2. The highest BCUT2D eigenvalue weighted by atomic mass is 16.4. The topological polar surface area (TPSA) is 66.4 Å². The lowest BCUT2D eigenvalue weighted by molar-refractivity contribution is -0.143. The first kappa shape index (κ1) is 15.2. The van der Waals surface area contributed by atoms with Crippen molar-refractivity contribution < 1.29 is 14.7 Å². The van der Waals surface area contributed by atoms with E-state index in [2.05, 4.69) is 5.32 Å². The van der Waals surface area contributed by atoms with Crippen LogP contribution in [-0.2, 0) is 9.59 Å². The largest absolute Gasteiger partial charge is 0.480 e. The smallest absolute Gasteiger partial charge is 0.326 e. The fourth-order valence-electron chi connectivity index (χ4n) is 1.85. The van der Waals surface area contributed by atoms with Crippen LogP contribution < -0.4 is 5.32 Å². The SMILES string of the molecule is CC[C@H](C)[C@H](NC(=O)[C@@H](C)c1ccccc1)C(=O)O. The minimum atomic E-state index is -0.983. The molecule has 0 saturated carbocycles. The molecule has 0 spiro atoms. The second kappa shape index (κ2) is 6.92. The van der Waals surface area contributed by atoms with Crippen LogP contribution in [0.25, 0.3) is 0 Å². The molecule has 1 aromatic carbocycles. The third kappa shape index (κ3) is 4.09. The number of hydrogen-bond acceptors (Lipinski definition) is 2. The van der Waals surface area contributed by atoms with Gasteiger partial charge in [-0.15, -0.1) is 0 Å². The normalized spacial score (nSPS) is 15.3. The maximum atomic E-state index is 12.1. The van der Waals surface area contributed by atoms with Crippen molar-refractivity contribution in [2.24, 2.45) is 5.92 Å². The summed E-state index contributed by atoms with van der Waals surface area (Å²) in [6.07, 6.45) is 0.705. The summed E-state index contributed by atoms with van der Waals surface area (Å²) in [5.41, 5.74) is 0.883. The van der Waals surface area contributed by atoms with Crippen LogP contribution in [0.3, 0.4) is 0 Å². The minimum absolute atomic E-state index is 0.0931. The molecule has 0 fully saturated rings. The molecule has 0 radical (unpaired) electrons. The second-order valence-corrected chi connectivity index (χ2v) is 4.84. The minimum Gasteiger partial charge on any atom is -0.480 e. The van der Waals surface area contributed by atoms with Crippen LogP contribution in [0, 0.1) is 5.92 Å². The quantitative estimate of drug-likeness (QED) is 0.828. The van der Waals surface area contributed by atoms with Gasteiger partial charge < -0.3 is 10.4 Å². The van der Waals surface area contributed by atoms with Crippen molar-refractivity contribution in [2.45, 2.75) is 39.2 Å². The molecule has 0 aliphatic heterocycles. The van der Waals surface area contributed by atoms with Gasteiger partial charge in [0.25, 0.3) is 0 Å². The van der Waals surface area contributed by atoms with Crippen molar-refractivity contribution in [3.63, 3.8) is 0 Å². The van der Waals surface area contributed by atoms with Crippen molar-refractivity contribution in [1.82, 2.24) is 5.32 Å². The first-order valence-corrected chi connectivity index (χ1v) is 6.55. The highest BCUT2D eigenvalue weighted by Gasteiger charge is 2.27. The fraction of sp³-hybridized carbons (Fsp3) is 0.467. The molecule has 0 aromatic heterocycles. The Bertz CT molecular complexity index is 430. The number of aliphatic carboxylic acids is 1. The monoisotopic (exact) mass is 263 g/mol. The zero-order valence-electron chi connectivity index (χ0n) is 11.6. The van der Waals surface area contributed by atoms with Crippen LogP contribution in [-0.4, -0.2) is 23.0 Å². The molecular weight excluding hydrogens is 242 g/mol. The number of rotatable bonds is 6. The Morgan fingerprint density at radius 2 is 1.79 bits per heavy atom. The summed E-state index contributed by atoms with van der Waals surface area (Å²) in [4.78, 5) is 23.3. The molecule has 19 heavy (non-hydrogen) atoms. The van der Waals surface area contributed by atoms with Crippen LogP contribution in [0.2, 0.25) is 0 Å². The molecule has 104 valence electrons. The number of carboxylic acids is 1. The van der Waals surface area contributed by atoms with Gasteiger partial charge in [0.2, 0.25) is 5.91 Å². The maximum Gasteiger partial charge on any atom is 0.326 e. The van der Waals surface area contributed by atoms with Crippen LogP contribution in [0.1, 0.15) is 38.7 Å². The Balaban J connectivity index is 2.75. The number of carbonyl (C=O) groups is 2. The van der Waals surface area contributed by atoms with Crippen LogP contribution in [0.5, 0.6) is 0 Å². The third-order valence-electron chi connectivity index (χ3n) is 3.47. The summed E-state index contributed by atoms with van der Waals surface area (Å²) < 4.78 is 0. The van der Waals surface area contributed by atoms with Crippen LogP contribution >= 0.6 is 0 Å². The van der Waals surface area contributed by atoms with Gasteiger partial charge in [0.1, 0.15) is 6.04 Å². The molecule has 0 unspecified atom stereocenters. The molecule has 1 aromatic rings.